The Morgan fingerprint density at radius 2 is 2.42 bits per heavy atom. The van der Waals surface area contributed by atoms with E-state index in [1.54, 1.807) is 0 Å². The average molecular weight is 276 g/mol. The lowest BCUT2D eigenvalue weighted by atomic mass is 9.92. The lowest BCUT2D eigenvalue weighted by Crippen LogP contribution is -2.28. The molecular weight excluding hydrogens is 263 g/mol. The van der Waals surface area contributed by atoms with Crippen LogP contribution in [0.15, 0.2) is 21.8 Å². The first-order valence-electron chi connectivity index (χ1n) is 4.50. The second kappa shape index (κ2) is 3.92. The summed E-state index contributed by atoms with van der Waals surface area (Å²) in [6.07, 6.45) is 11.1. The van der Waals surface area contributed by atoms with Crippen molar-refractivity contribution in [2.24, 2.45) is 5.92 Å². The molecule has 1 nitrogen and oxygen atoms in total. The Balaban J connectivity index is 1.84. The molecule has 0 radical (unpaired) electrons. The smallest absolute Gasteiger partial charge is 0.0602 e. The summed E-state index contributed by atoms with van der Waals surface area (Å²) in [4.78, 5) is 0. The minimum Gasteiger partial charge on any atom is -0.378 e. The van der Waals surface area contributed by atoms with Crippen molar-refractivity contribution in [3.8, 4) is 0 Å². The normalized spacial score (nSPS) is 34.2. The van der Waals surface area contributed by atoms with E-state index in [0.717, 1.165) is 12.5 Å². The van der Waals surface area contributed by atoms with Crippen LogP contribution in [0.4, 0.5) is 0 Å². The Morgan fingerprint density at radius 3 is 3.00 bits per heavy atom. The maximum Gasteiger partial charge on any atom is 0.0602 e. The van der Waals surface area contributed by atoms with E-state index < -0.39 is 0 Å². The number of hydrogen-bond acceptors (Lipinski definition) is 1. The summed E-state index contributed by atoms with van der Waals surface area (Å²) in [5.41, 5.74) is 0. The van der Waals surface area contributed by atoms with Crippen molar-refractivity contribution in [3.63, 3.8) is 0 Å². The van der Waals surface area contributed by atoms with E-state index in [0.29, 0.717) is 6.10 Å². The van der Waals surface area contributed by atoms with E-state index in [4.69, 9.17) is 4.74 Å². The summed E-state index contributed by atoms with van der Waals surface area (Å²) >= 11 is 2.38. The fourth-order valence-corrected chi connectivity index (χ4v) is 2.44. The van der Waals surface area contributed by atoms with Crippen LogP contribution < -0.4 is 0 Å². The number of allylic oxidation sites excluding steroid dienone is 4. The van der Waals surface area contributed by atoms with Gasteiger partial charge in [-0.15, -0.1) is 0 Å². The maximum atomic E-state index is 5.41. The number of halogens is 1. The topological polar surface area (TPSA) is 9.23 Å². The Hall–Kier alpha value is 0.170. The third-order valence-electron chi connectivity index (χ3n) is 2.47. The number of ether oxygens (including phenoxy) is 1. The highest BCUT2D eigenvalue weighted by atomic mass is 127. The van der Waals surface area contributed by atoms with Gasteiger partial charge in [0.05, 0.1) is 6.10 Å². The Morgan fingerprint density at radius 1 is 1.58 bits per heavy atom. The van der Waals surface area contributed by atoms with Gasteiger partial charge in [0.25, 0.3) is 0 Å². The van der Waals surface area contributed by atoms with Crippen molar-refractivity contribution in [1.82, 2.24) is 0 Å². The molecule has 0 saturated carbocycles. The molecule has 1 heterocycles. The standard InChI is InChI=1S/C10H13IO/c11-9-3-1-2-8(6-9)7-10-4-5-12-10/h1,3,6,8,10H,2,4-5,7H2. The molecule has 1 fully saturated rings. The van der Waals surface area contributed by atoms with Crippen molar-refractivity contribution >= 4 is 22.6 Å². The van der Waals surface area contributed by atoms with Crippen LogP contribution in [0.1, 0.15) is 19.3 Å². The van der Waals surface area contributed by atoms with Crippen molar-refractivity contribution in [3.05, 3.63) is 21.8 Å². The summed E-state index contributed by atoms with van der Waals surface area (Å²) in [7, 11) is 0. The minimum absolute atomic E-state index is 0.557. The van der Waals surface area contributed by atoms with Gasteiger partial charge < -0.3 is 4.74 Å². The fourth-order valence-electron chi connectivity index (χ4n) is 1.68. The van der Waals surface area contributed by atoms with Crippen LogP contribution in [0.25, 0.3) is 0 Å². The molecule has 0 aromatic rings. The molecule has 12 heavy (non-hydrogen) atoms. The first-order valence-corrected chi connectivity index (χ1v) is 5.58. The molecule has 1 aliphatic heterocycles. The van der Waals surface area contributed by atoms with Crippen LogP contribution in [0, 0.1) is 5.92 Å². The highest BCUT2D eigenvalue weighted by molar-refractivity contribution is 14.1. The first-order chi connectivity index (χ1) is 5.84. The molecule has 2 unspecified atom stereocenters. The molecule has 0 N–H and O–H groups in total. The summed E-state index contributed by atoms with van der Waals surface area (Å²) in [5.74, 6) is 0.729. The Kier molecular flexibility index (Phi) is 2.86. The largest absolute Gasteiger partial charge is 0.378 e. The van der Waals surface area contributed by atoms with Crippen LogP contribution in [-0.2, 0) is 4.74 Å². The van der Waals surface area contributed by atoms with E-state index in [1.165, 1.54) is 22.8 Å². The minimum atomic E-state index is 0.557. The van der Waals surface area contributed by atoms with Crippen molar-refractivity contribution in [2.75, 3.05) is 6.61 Å². The van der Waals surface area contributed by atoms with Gasteiger partial charge in [-0.1, -0.05) is 18.2 Å². The molecule has 2 aliphatic rings. The Bertz CT molecular complexity index is 216. The molecule has 1 saturated heterocycles. The molecule has 2 atom stereocenters. The van der Waals surface area contributed by atoms with E-state index in [2.05, 4.69) is 40.8 Å². The third-order valence-corrected chi connectivity index (χ3v) is 3.19. The lowest BCUT2D eigenvalue weighted by molar-refractivity contribution is -0.0598. The quantitative estimate of drug-likeness (QED) is 0.704. The van der Waals surface area contributed by atoms with E-state index in [9.17, 15) is 0 Å². The Labute approximate surface area is 87.0 Å². The van der Waals surface area contributed by atoms with Crippen molar-refractivity contribution in [1.29, 1.82) is 0 Å². The molecule has 2 heteroatoms. The van der Waals surface area contributed by atoms with Gasteiger partial charge in [-0.2, -0.15) is 0 Å². The molecule has 0 bridgehead atoms. The zero-order chi connectivity index (χ0) is 8.39. The molecule has 0 amide bonds. The van der Waals surface area contributed by atoms with Gasteiger partial charge in [-0.25, -0.2) is 0 Å². The second-order valence-electron chi connectivity index (χ2n) is 3.47. The predicted octanol–water partition coefficient (Wildman–Crippen LogP) is 3.06. The predicted molar refractivity (Wildman–Crippen MR) is 58.3 cm³/mol. The summed E-state index contributed by atoms with van der Waals surface area (Å²) < 4.78 is 6.79. The molecule has 0 aromatic heterocycles. The fraction of sp³-hybridized carbons (Fsp3) is 0.600. The summed E-state index contributed by atoms with van der Waals surface area (Å²) in [6, 6.07) is 0. The molecule has 66 valence electrons. The average Bonchev–Trinajstić information content (AvgIpc) is 1.97. The molecular formula is C10H13IO. The molecule has 0 aromatic carbocycles. The first kappa shape index (κ1) is 8.75. The van der Waals surface area contributed by atoms with Crippen LogP contribution in [0.2, 0.25) is 0 Å². The van der Waals surface area contributed by atoms with Gasteiger partial charge >= 0.3 is 0 Å². The highest BCUT2D eigenvalue weighted by Crippen LogP contribution is 2.28. The number of rotatable bonds is 2. The van der Waals surface area contributed by atoms with Gasteiger partial charge in [0.2, 0.25) is 0 Å². The van der Waals surface area contributed by atoms with Gasteiger partial charge in [-0.3, -0.25) is 0 Å². The summed E-state index contributed by atoms with van der Waals surface area (Å²) in [5, 5.41) is 0. The van der Waals surface area contributed by atoms with Crippen molar-refractivity contribution in [2.45, 2.75) is 25.4 Å². The van der Waals surface area contributed by atoms with E-state index in [-0.39, 0.29) is 0 Å². The highest BCUT2D eigenvalue weighted by Gasteiger charge is 2.21. The zero-order valence-electron chi connectivity index (χ0n) is 7.00. The maximum absolute atomic E-state index is 5.41. The van der Waals surface area contributed by atoms with Crippen LogP contribution >= 0.6 is 22.6 Å². The molecule has 1 aliphatic carbocycles. The molecule has 2 rings (SSSR count). The number of hydrogen-bond donors (Lipinski definition) is 0. The SMILES string of the molecule is IC1=CC(CC2CCO2)CC=C1. The van der Waals surface area contributed by atoms with Gasteiger partial charge in [0.15, 0.2) is 0 Å². The zero-order valence-corrected chi connectivity index (χ0v) is 9.16. The van der Waals surface area contributed by atoms with E-state index >= 15 is 0 Å². The van der Waals surface area contributed by atoms with Crippen LogP contribution in [0.3, 0.4) is 0 Å². The molecule has 0 spiro atoms. The summed E-state index contributed by atoms with van der Waals surface area (Å²) in [6.45, 7) is 0.980. The van der Waals surface area contributed by atoms with Gasteiger partial charge in [0.1, 0.15) is 0 Å². The van der Waals surface area contributed by atoms with Crippen molar-refractivity contribution < 1.29 is 4.74 Å². The monoisotopic (exact) mass is 276 g/mol. The van der Waals surface area contributed by atoms with Crippen LogP contribution in [-0.4, -0.2) is 12.7 Å². The lowest BCUT2D eigenvalue weighted by Gasteiger charge is -2.29. The third kappa shape index (κ3) is 2.10. The van der Waals surface area contributed by atoms with Gasteiger partial charge in [-0.05, 0) is 47.8 Å². The second-order valence-corrected chi connectivity index (χ2v) is 4.71. The van der Waals surface area contributed by atoms with E-state index in [1.807, 2.05) is 0 Å². The van der Waals surface area contributed by atoms with Crippen LogP contribution in [0.5, 0.6) is 0 Å². The van der Waals surface area contributed by atoms with Gasteiger partial charge in [0, 0.05) is 10.2 Å².